The quantitative estimate of drug-likeness (QED) is 0.787. The lowest BCUT2D eigenvalue weighted by Crippen LogP contribution is -2.59. The lowest BCUT2D eigenvalue weighted by atomic mass is 9.88. The average Bonchev–Trinajstić information content (AvgIpc) is 2.93. The van der Waals surface area contributed by atoms with Crippen molar-refractivity contribution in [2.24, 2.45) is 0 Å². The molecule has 7 heteroatoms. The Morgan fingerprint density at radius 1 is 1.10 bits per heavy atom. The molecular formula is C22H22ClN3O3. The van der Waals surface area contributed by atoms with Crippen LogP contribution in [0, 0.1) is 6.92 Å². The molecule has 1 N–H and O–H groups in total. The van der Waals surface area contributed by atoms with Crippen LogP contribution in [0.5, 0.6) is 0 Å². The van der Waals surface area contributed by atoms with Gasteiger partial charge in [-0.3, -0.25) is 14.5 Å². The third-order valence-electron chi connectivity index (χ3n) is 5.58. The minimum Gasteiger partial charge on any atom is -0.336 e. The Balaban J connectivity index is 1.52. The number of carbonyl (C=O) groups excluding carboxylic acids is 3. The lowest BCUT2D eigenvalue weighted by molar-refractivity contribution is -0.133. The summed E-state index contributed by atoms with van der Waals surface area (Å²) in [5.74, 6) is -0.402. The first kappa shape index (κ1) is 19.5. The normalized spacial score (nSPS) is 21.6. The number of halogens is 1. The lowest BCUT2D eigenvalue weighted by Gasteiger charge is -2.38. The first-order valence-corrected chi connectivity index (χ1v) is 10.0. The monoisotopic (exact) mass is 411 g/mol. The van der Waals surface area contributed by atoms with Crippen molar-refractivity contribution in [3.63, 3.8) is 0 Å². The first-order chi connectivity index (χ1) is 13.9. The minimum atomic E-state index is -1.05. The zero-order valence-corrected chi connectivity index (χ0v) is 16.9. The molecule has 4 rings (SSSR count). The highest BCUT2D eigenvalue weighted by Gasteiger charge is 2.53. The second kappa shape index (κ2) is 7.52. The number of urea groups is 1. The summed E-state index contributed by atoms with van der Waals surface area (Å²) < 4.78 is 0. The SMILES string of the molecule is Cc1ccc(C(=O)N2CCCC3(C2)NC(=O)N(Cc2ccc(Cl)cc2)C3=O)cc1. The van der Waals surface area contributed by atoms with Gasteiger partial charge in [-0.15, -0.1) is 0 Å². The summed E-state index contributed by atoms with van der Waals surface area (Å²) in [6, 6.07) is 14.0. The summed E-state index contributed by atoms with van der Waals surface area (Å²) in [6.07, 6.45) is 1.17. The molecule has 0 aliphatic carbocycles. The molecule has 0 radical (unpaired) electrons. The third-order valence-corrected chi connectivity index (χ3v) is 5.83. The number of amides is 4. The number of hydrogen-bond donors (Lipinski definition) is 1. The van der Waals surface area contributed by atoms with E-state index < -0.39 is 11.6 Å². The van der Waals surface area contributed by atoms with Crippen LogP contribution >= 0.6 is 11.6 Å². The van der Waals surface area contributed by atoms with Crippen LogP contribution in [0.4, 0.5) is 4.79 Å². The van der Waals surface area contributed by atoms with Gasteiger partial charge in [0.2, 0.25) is 0 Å². The van der Waals surface area contributed by atoms with Gasteiger partial charge in [0.15, 0.2) is 0 Å². The second-order valence-corrected chi connectivity index (χ2v) is 8.16. The van der Waals surface area contributed by atoms with Gasteiger partial charge in [-0.25, -0.2) is 4.79 Å². The molecule has 0 bridgehead atoms. The van der Waals surface area contributed by atoms with Gasteiger partial charge in [0.1, 0.15) is 5.54 Å². The average molecular weight is 412 g/mol. The van der Waals surface area contributed by atoms with E-state index in [1.807, 2.05) is 19.1 Å². The van der Waals surface area contributed by atoms with Crippen LogP contribution in [0.2, 0.25) is 5.02 Å². The van der Waals surface area contributed by atoms with E-state index in [1.165, 1.54) is 4.90 Å². The standard InChI is InChI=1S/C22H22ClN3O3/c1-15-3-7-17(8-4-15)19(27)25-12-2-11-22(14-25)20(28)26(21(29)24-22)13-16-5-9-18(23)10-6-16/h3-10H,2,11-14H2,1H3,(H,24,29). The molecule has 2 heterocycles. The maximum absolute atomic E-state index is 13.2. The van der Waals surface area contributed by atoms with E-state index in [0.29, 0.717) is 30.0 Å². The predicted molar refractivity (Wildman–Crippen MR) is 110 cm³/mol. The zero-order valence-electron chi connectivity index (χ0n) is 16.2. The Labute approximate surface area is 174 Å². The largest absolute Gasteiger partial charge is 0.336 e. The van der Waals surface area contributed by atoms with E-state index in [9.17, 15) is 14.4 Å². The molecule has 150 valence electrons. The number of rotatable bonds is 3. The molecule has 2 aromatic rings. The minimum absolute atomic E-state index is 0.123. The topological polar surface area (TPSA) is 69.7 Å². The predicted octanol–water partition coefficient (Wildman–Crippen LogP) is 3.38. The highest BCUT2D eigenvalue weighted by molar-refractivity contribution is 6.30. The molecule has 6 nitrogen and oxygen atoms in total. The molecule has 2 aromatic carbocycles. The van der Waals surface area contributed by atoms with Crippen molar-refractivity contribution < 1.29 is 14.4 Å². The van der Waals surface area contributed by atoms with Gasteiger partial charge in [0.05, 0.1) is 13.1 Å². The number of hydrogen-bond acceptors (Lipinski definition) is 3. The van der Waals surface area contributed by atoms with Crippen LogP contribution in [-0.2, 0) is 11.3 Å². The summed E-state index contributed by atoms with van der Waals surface area (Å²) in [5.41, 5.74) is 1.43. The molecular weight excluding hydrogens is 390 g/mol. The van der Waals surface area contributed by atoms with Crippen LogP contribution in [0.1, 0.15) is 34.3 Å². The molecule has 4 amide bonds. The zero-order chi connectivity index (χ0) is 20.6. The number of benzene rings is 2. The van der Waals surface area contributed by atoms with E-state index in [0.717, 1.165) is 11.1 Å². The van der Waals surface area contributed by atoms with E-state index in [-0.39, 0.29) is 24.9 Å². The Morgan fingerprint density at radius 3 is 2.48 bits per heavy atom. The van der Waals surface area contributed by atoms with Crippen LogP contribution < -0.4 is 5.32 Å². The van der Waals surface area contributed by atoms with Crippen molar-refractivity contribution in [3.05, 3.63) is 70.2 Å². The fourth-order valence-electron chi connectivity index (χ4n) is 3.98. The van der Waals surface area contributed by atoms with E-state index in [2.05, 4.69) is 5.32 Å². The fourth-order valence-corrected chi connectivity index (χ4v) is 4.10. The van der Waals surface area contributed by atoms with Gasteiger partial charge in [-0.1, -0.05) is 41.4 Å². The molecule has 2 saturated heterocycles. The molecule has 2 fully saturated rings. The van der Waals surface area contributed by atoms with Crippen molar-refractivity contribution in [2.75, 3.05) is 13.1 Å². The first-order valence-electron chi connectivity index (χ1n) is 9.62. The summed E-state index contributed by atoms with van der Waals surface area (Å²) in [7, 11) is 0. The number of carbonyl (C=O) groups is 3. The Morgan fingerprint density at radius 2 is 1.79 bits per heavy atom. The summed E-state index contributed by atoms with van der Waals surface area (Å²) in [4.78, 5) is 41.6. The van der Waals surface area contributed by atoms with Crippen LogP contribution in [0.25, 0.3) is 0 Å². The van der Waals surface area contributed by atoms with Gasteiger partial charge in [-0.05, 0) is 49.6 Å². The van der Waals surface area contributed by atoms with Crippen molar-refractivity contribution in [2.45, 2.75) is 31.8 Å². The van der Waals surface area contributed by atoms with Gasteiger partial charge in [0.25, 0.3) is 11.8 Å². The number of piperidine rings is 1. The maximum Gasteiger partial charge on any atom is 0.325 e. The summed E-state index contributed by atoms with van der Waals surface area (Å²) in [6.45, 7) is 2.89. The van der Waals surface area contributed by atoms with Gasteiger partial charge in [-0.2, -0.15) is 0 Å². The van der Waals surface area contributed by atoms with Gasteiger partial charge < -0.3 is 10.2 Å². The molecule has 2 aliphatic heterocycles. The van der Waals surface area contributed by atoms with Crippen LogP contribution in [-0.4, -0.2) is 46.3 Å². The van der Waals surface area contributed by atoms with Gasteiger partial charge >= 0.3 is 6.03 Å². The van der Waals surface area contributed by atoms with Crippen LogP contribution in [0.15, 0.2) is 48.5 Å². The Bertz CT molecular complexity index is 958. The number of nitrogens with zero attached hydrogens (tertiary/aromatic N) is 2. The smallest absolute Gasteiger partial charge is 0.325 e. The van der Waals surface area contributed by atoms with E-state index in [1.54, 1.807) is 41.3 Å². The second-order valence-electron chi connectivity index (χ2n) is 7.73. The molecule has 29 heavy (non-hydrogen) atoms. The molecule has 1 atom stereocenters. The van der Waals surface area contributed by atoms with Crippen molar-refractivity contribution in [1.29, 1.82) is 0 Å². The Hall–Kier alpha value is -2.86. The number of likely N-dealkylation sites (tertiary alicyclic amines) is 1. The number of aryl methyl sites for hydroxylation is 1. The van der Waals surface area contributed by atoms with Crippen molar-refractivity contribution in [3.8, 4) is 0 Å². The summed E-state index contributed by atoms with van der Waals surface area (Å²) in [5, 5.41) is 3.46. The molecule has 0 saturated carbocycles. The molecule has 1 spiro atoms. The molecule has 0 aromatic heterocycles. The third kappa shape index (κ3) is 3.72. The molecule has 1 unspecified atom stereocenters. The van der Waals surface area contributed by atoms with Crippen molar-refractivity contribution in [1.82, 2.24) is 15.1 Å². The fraction of sp³-hybridized carbons (Fsp3) is 0.318. The van der Waals surface area contributed by atoms with Crippen LogP contribution in [0.3, 0.4) is 0 Å². The number of nitrogens with one attached hydrogen (secondary N) is 1. The summed E-state index contributed by atoms with van der Waals surface area (Å²) >= 11 is 5.91. The molecule has 2 aliphatic rings. The highest BCUT2D eigenvalue weighted by Crippen LogP contribution is 2.30. The van der Waals surface area contributed by atoms with E-state index >= 15 is 0 Å². The van der Waals surface area contributed by atoms with E-state index in [4.69, 9.17) is 11.6 Å². The van der Waals surface area contributed by atoms with Crippen molar-refractivity contribution >= 4 is 29.4 Å². The highest BCUT2D eigenvalue weighted by atomic mass is 35.5. The van der Waals surface area contributed by atoms with Gasteiger partial charge in [0, 0.05) is 17.1 Å². The Kier molecular flexibility index (Phi) is 5.04. The maximum atomic E-state index is 13.2. The number of imide groups is 1.